The number of aryl methyl sites for hydroxylation is 1. The molecule has 0 bridgehead atoms. The van der Waals surface area contributed by atoms with Gasteiger partial charge in [0.1, 0.15) is 0 Å². The number of nitrogens with zero attached hydrogens (tertiary/aromatic N) is 2. The third-order valence-corrected chi connectivity index (χ3v) is 3.36. The Morgan fingerprint density at radius 1 is 1.13 bits per heavy atom. The first-order valence-corrected chi connectivity index (χ1v) is 9.24. The van der Waals surface area contributed by atoms with Crippen LogP contribution in [0.5, 0.6) is 0 Å². The van der Waals surface area contributed by atoms with Crippen molar-refractivity contribution in [3.05, 3.63) is 18.7 Å². The average Bonchev–Trinajstić information content (AvgIpc) is 2.87. The minimum absolute atomic E-state index is 0.108. The van der Waals surface area contributed by atoms with Gasteiger partial charge in [0, 0.05) is 18.9 Å². The molecule has 0 aliphatic carbocycles. The van der Waals surface area contributed by atoms with Gasteiger partial charge in [0.15, 0.2) is 0 Å². The Labute approximate surface area is 132 Å². The van der Waals surface area contributed by atoms with Crippen molar-refractivity contribution in [1.29, 1.82) is 0 Å². The number of hydrogen-bond donors (Lipinski definition) is 2. The zero-order chi connectivity index (χ0) is 18.7. The van der Waals surface area contributed by atoms with Crippen molar-refractivity contribution in [1.82, 2.24) is 9.55 Å². The molecule has 1 aromatic heterocycles. The topological polar surface area (TPSA) is 127 Å². The smallest absolute Gasteiger partial charge is 0.338 e. The maximum Gasteiger partial charge on any atom is 0.522 e. The van der Waals surface area contributed by atoms with E-state index >= 15 is 0 Å². The lowest BCUT2D eigenvalue weighted by molar-refractivity contribution is -0.0510. The molecule has 0 saturated carbocycles. The van der Waals surface area contributed by atoms with E-state index in [0.29, 0.717) is 6.42 Å². The summed E-state index contributed by atoms with van der Waals surface area (Å²) in [7, 11) is -9.53. The Kier molecular flexibility index (Phi) is 11.1. The fraction of sp³-hybridized carbons (Fsp3) is 0.700. The summed E-state index contributed by atoms with van der Waals surface area (Å²) in [5, 5.41) is 0. The highest BCUT2D eigenvalue weighted by Gasteiger charge is 2.44. The predicted molar refractivity (Wildman–Crippen MR) is 76.8 cm³/mol. The zero-order valence-electron chi connectivity index (χ0n) is 12.4. The van der Waals surface area contributed by atoms with Crippen LogP contribution in [0.15, 0.2) is 18.7 Å². The second kappa shape index (κ2) is 10.6. The minimum atomic E-state index is -5.84. The van der Waals surface area contributed by atoms with E-state index in [-0.39, 0.29) is 5.75 Å². The maximum atomic E-state index is 10.7. The summed E-state index contributed by atoms with van der Waals surface area (Å²) < 4.78 is 87.6. The van der Waals surface area contributed by atoms with Gasteiger partial charge in [0.05, 0.1) is 12.1 Å². The van der Waals surface area contributed by atoms with E-state index in [0.717, 1.165) is 13.0 Å². The van der Waals surface area contributed by atoms with Gasteiger partial charge in [-0.1, -0.05) is 13.3 Å². The normalized spacial score (nSPS) is 11.8. The Balaban J connectivity index is 0. The highest BCUT2D eigenvalue weighted by molar-refractivity contribution is 7.86. The van der Waals surface area contributed by atoms with Crippen molar-refractivity contribution < 1.29 is 39.1 Å². The highest BCUT2D eigenvalue weighted by atomic mass is 32.2. The molecule has 0 spiro atoms. The Hall–Kier alpha value is -1.18. The number of unbranched alkanes of at least 4 members (excludes halogenated alkanes) is 1. The summed E-state index contributed by atoms with van der Waals surface area (Å²) in [6, 6.07) is 0. The van der Waals surface area contributed by atoms with E-state index in [2.05, 4.69) is 11.9 Å². The molecule has 138 valence electrons. The summed E-state index contributed by atoms with van der Waals surface area (Å²) in [6.07, 6.45) is 6.86. The largest absolute Gasteiger partial charge is 0.522 e. The summed E-state index contributed by atoms with van der Waals surface area (Å²) in [4.78, 5) is 3.86. The molecule has 1 rings (SSSR count). The molecular weight excluding hydrogens is 365 g/mol. The Morgan fingerprint density at radius 2 is 1.61 bits per heavy atom. The number of imidazole rings is 1. The van der Waals surface area contributed by atoms with Crippen LogP contribution in [0.2, 0.25) is 0 Å². The maximum absolute atomic E-state index is 10.7. The van der Waals surface area contributed by atoms with Crippen molar-refractivity contribution in [2.45, 2.75) is 38.7 Å². The summed E-state index contributed by atoms with van der Waals surface area (Å²) in [6.45, 7) is 4.97. The van der Waals surface area contributed by atoms with Gasteiger partial charge in [-0.05, 0) is 13.3 Å². The predicted octanol–water partition coefficient (Wildman–Crippen LogP) is 1.97. The van der Waals surface area contributed by atoms with Crippen LogP contribution in [0.4, 0.5) is 13.2 Å². The SMILES string of the molecule is CCCCS(=O)(=O)O.CCn1ccnc1.O=S(=O)(O)C(F)(F)F. The number of halogens is 3. The quantitative estimate of drug-likeness (QED) is 0.600. The zero-order valence-corrected chi connectivity index (χ0v) is 14.1. The van der Waals surface area contributed by atoms with E-state index in [1.54, 1.807) is 12.5 Å². The first-order valence-electron chi connectivity index (χ1n) is 6.19. The van der Waals surface area contributed by atoms with Crippen LogP contribution in [0.3, 0.4) is 0 Å². The average molecular weight is 384 g/mol. The number of alkyl halides is 3. The van der Waals surface area contributed by atoms with Gasteiger partial charge >= 0.3 is 15.6 Å². The molecule has 0 aliphatic heterocycles. The van der Waals surface area contributed by atoms with E-state index in [1.165, 1.54) is 0 Å². The van der Waals surface area contributed by atoms with Crippen LogP contribution in [0, 0.1) is 0 Å². The molecule has 0 fully saturated rings. The fourth-order valence-corrected chi connectivity index (χ4v) is 1.45. The van der Waals surface area contributed by atoms with E-state index < -0.39 is 25.7 Å². The fourth-order valence-electron chi connectivity index (χ4n) is 0.801. The standard InChI is InChI=1S/C5H8N2.C4H10O3S.CHF3O3S/c1-2-7-4-3-6-5-7;1-2-3-4-8(5,6)7;2-1(3,4)8(5,6)7/h3-5H,2H2,1H3;2-4H2,1H3,(H,5,6,7);(H,5,6,7). The molecule has 2 N–H and O–H groups in total. The molecule has 0 aromatic carbocycles. The van der Waals surface area contributed by atoms with Crippen molar-refractivity contribution in [2.24, 2.45) is 0 Å². The van der Waals surface area contributed by atoms with Gasteiger partial charge < -0.3 is 4.57 Å². The number of hydrogen-bond acceptors (Lipinski definition) is 5. The van der Waals surface area contributed by atoms with Crippen molar-refractivity contribution in [2.75, 3.05) is 5.75 Å². The van der Waals surface area contributed by atoms with Gasteiger partial charge in [-0.3, -0.25) is 9.11 Å². The number of rotatable bonds is 4. The van der Waals surface area contributed by atoms with Crippen LogP contribution in [-0.4, -0.2) is 46.8 Å². The third-order valence-electron chi connectivity index (χ3n) is 1.97. The van der Waals surface area contributed by atoms with E-state index in [4.69, 9.17) is 17.5 Å². The number of aromatic nitrogens is 2. The van der Waals surface area contributed by atoms with Crippen LogP contribution >= 0.6 is 0 Å². The highest BCUT2D eigenvalue weighted by Crippen LogP contribution is 2.20. The van der Waals surface area contributed by atoms with Gasteiger partial charge in [0.25, 0.3) is 10.1 Å². The van der Waals surface area contributed by atoms with Crippen molar-refractivity contribution >= 4 is 20.2 Å². The van der Waals surface area contributed by atoms with E-state index in [1.807, 2.05) is 17.7 Å². The summed E-state index contributed by atoms with van der Waals surface area (Å²) in [5.41, 5.74) is -5.53. The second-order valence-electron chi connectivity index (χ2n) is 3.95. The molecule has 0 amide bonds. The Morgan fingerprint density at radius 3 is 1.74 bits per heavy atom. The van der Waals surface area contributed by atoms with Crippen LogP contribution < -0.4 is 0 Å². The molecule has 0 unspecified atom stereocenters. The molecular formula is C10H19F3N2O6S2. The summed E-state index contributed by atoms with van der Waals surface area (Å²) in [5.74, 6) is -0.108. The van der Waals surface area contributed by atoms with Crippen molar-refractivity contribution in [3.8, 4) is 0 Å². The van der Waals surface area contributed by atoms with E-state index in [9.17, 15) is 21.6 Å². The molecule has 23 heavy (non-hydrogen) atoms. The lowest BCUT2D eigenvalue weighted by Gasteiger charge is -1.97. The molecule has 0 atom stereocenters. The first kappa shape index (κ1) is 24.1. The van der Waals surface area contributed by atoms with Gasteiger partial charge in [-0.2, -0.15) is 30.0 Å². The summed E-state index contributed by atoms with van der Waals surface area (Å²) >= 11 is 0. The molecule has 8 nitrogen and oxygen atoms in total. The molecule has 0 saturated heterocycles. The minimum Gasteiger partial charge on any atom is -0.338 e. The van der Waals surface area contributed by atoms with Crippen LogP contribution in [0.25, 0.3) is 0 Å². The molecule has 1 heterocycles. The lowest BCUT2D eigenvalue weighted by atomic mass is 10.4. The monoisotopic (exact) mass is 384 g/mol. The van der Waals surface area contributed by atoms with Gasteiger partial charge in [-0.25, -0.2) is 4.98 Å². The van der Waals surface area contributed by atoms with Crippen molar-refractivity contribution in [3.63, 3.8) is 0 Å². The molecule has 0 radical (unpaired) electrons. The van der Waals surface area contributed by atoms with Crippen LogP contribution in [-0.2, 0) is 26.8 Å². The molecule has 13 heteroatoms. The molecule has 1 aromatic rings. The second-order valence-corrected chi connectivity index (χ2v) is 6.94. The first-order chi connectivity index (χ1) is 10.2. The van der Waals surface area contributed by atoms with Crippen LogP contribution in [0.1, 0.15) is 26.7 Å². The van der Waals surface area contributed by atoms with Gasteiger partial charge in [-0.15, -0.1) is 0 Å². The molecule has 0 aliphatic rings. The third kappa shape index (κ3) is 15.5. The van der Waals surface area contributed by atoms with Gasteiger partial charge in [0.2, 0.25) is 0 Å². The Bertz CT molecular complexity index is 612. The lowest BCUT2D eigenvalue weighted by Crippen LogP contribution is -2.21.